The van der Waals surface area contributed by atoms with Gasteiger partial charge in [-0.15, -0.1) is 0 Å². The molecule has 0 saturated heterocycles. The molecule has 1 aromatic carbocycles. The Kier molecular flexibility index (Phi) is 6.47. The second-order valence-corrected chi connectivity index (χ2v) is 13.4. The van der Waals surface area contributed by atoms with Crippen LogP contribution in [-0.4, -0.2) is 26.3 Å². The number of nitrogens with one attached hydrogen (secondary N) is 1. The molecular formula is C32H35ClFN3O4. The third-order valence-corrected chi connectivity index (χ3v) is 10.1. The van der Waals surface area contributed by atoms with E-state index in [-0.39, 0.29) is 65.5 Å². The fourth-order valence-corrected chi connectivity index (χ4v) is 6.96. The van der Waals surface area contributed by atoms with Crippen LogP contribution in [0.5, 0.6) is 0 Å². The number of rotatable bonds is 4. The molecule has 9 heteroatoms. The lowest BCUT2D eigenvalue weighted by atomic mass is 9.77. The minimum atomic E-state index is -1.73. The van der Waals surface area contributed by atoms with Crippen molar-refractivity contribution >= 4 is 34.2 Å². The van der Waals surface area contributed by atoms with Crippen LogP contribution < -0.4 is 10.9 Å². The quantitative estimate of drug-likeness (QED) is 0.332. The molecule has 216 valence electrons. The number of hydrogen-bond donors (Lipinski definition) is 2. The van der Waals surface area contributed by atoms with E-state index >= 15 is 0 Å². The largest absolute Gasteiger partial charge is 0.377 e. The van der Waals surface area contributed by atoms with Gasteiger partial charge in [0.25, 0.3) is 5.56 Å². The van der Waals surface area contributed by atoms with Crippen LogP contribution in [0.1, 0.15) is 94.2 Å². The van der Waals surface area contributed by atoms with E-state index in [9.17, 15) is 23.9 Å². The summed E-state index contributed by atoms with van der Waals surface area (Å²) in [5.74, 6) is -0.784. The molecule has 1 aliphatic heterocycles. The van der Waals surface area contributed by atoms with E-state index in [2.05, 4.69) is 33.0 Å². The summed E-state index contributed by atoms with van der Waals surface area (Å²) in [6.45, 7) is 10.3. The third kappa shape index (κ3) is 4.16. The van der Waals surface area contributed by atoms with E-state index in [1.165, 1.54) is 6.07 Å². The molecule has 0 bridgehead atoms. The van der Waals surface area contributed by atoms with Crippen LogP contribution in [0.25, 0.3) is 22.3 Å². The van der Waals surface area contributed by atoms with Crippen LogP contribution in [-0.2, 0) is 34.6 Å². The molecule has 41 heavy (non-hydrogen) atoms. The topological polar surface area (TPSA) is 101 Å². The highest BCUT2D eigenvalue weighted by molar-refractivity contribution is 6.32. The third-order valence-electron chi connectivity index (χ3n) is 9.72. The van der Waals surface area contributed by atoms with Crippen LogP contribution in [0.4, 0.5) is 4.39 Å². The van der Waals surface area contributed by atoms with E-state index in [4.69, 9.17) is 16.6 Å². The average Bonchev–Trinajstić information content (AvgIpc) is 3.28. The van der Waals surface area contributed by atoms with Gasteiger partial charge in [0.1, 0.15) is 11.4 Å². The summed E-state index contributed by atoms with van der Waals surface area (Å²) in [6, 6.07) is 2.65. The Bertz CT molecular complexity index is 1720. The van der Waals surface area contributed by atoms with E-state index in [0.29, 0.717) is 52.9 Å². The number of nitrogens with zero attached hydrogens (tertiary/aromatic N) is 2. The van der Waals surface area contributed by atoms with Gasteiger partial charge in [-0.3, -0.25) is 14.4 Å². The minimum Gasteiger partial charge on any atom is -0.377 e. The van der Waals surface area contributed by atoms with Gasteiger partial charge in [-0.2, -0.15) is 0 Å². The number of aryl methyl sites for hydroxylation is 1. The Balaban J connectivity index is 1.54. The molecular weight excluding hydrogens is 545 g/mol. The highest BCUT2D eigenvalue weighted by Crippen LogP contribution is 2.47. The number of hydrogen-bond acceptors (Lipinski definition) is 5. The molecule has 3 aromatic rings. The Labute approximate surface area is 243 Å². The molecule has 3 heterocycles. The number of pyridine rings is 2. The molecule has 3 atom stereocenters. The summed E-state index contributed by atoms with van der Waals surface area (Å²) < 4.78 is 16.6. The van der Waals surface area contributed by atoms with Gasteiger partial charge in [-0.1, -0.05) is 46.2 Å². The number of aromatic nitrogens is 2. The maximum atomic E-state index is 15.0. The summed E-state index contributed by atoms with van der Waals surface area (Å²) in [5.41, 5.74) is 2.39. The Morgan fingerprint density at radius 3 is 2.63 bits per heavy atom. The van der Waals surface area contributed by atoms with Crippen molar-refractivity contribution in [3.8, 4) is 11.4 Å². The first-order valence-electron chi connectivity index (χ1n) is 14.4. The van der Waals surface area contributed by atoms with Crippen LogP contribution in [0.2, 0.25) is 5.02 Å². The molecule has 1 amide bonds. The summed E-state index contributed by atoms with van der Waals surface area (Å²) in [4.78, 5) is 44.7. The van der Waals surface area contributed by atoms with Crippen molar-refractivity contribution < 1.29 is 19.1 Å². The number of fused-ring (bicyclic) bond motifs is 5. The lowest BCUT2D eigenvalue weighted by molar-refractivity contribution is -0.140. The number of Topliss-reactive ketones (excluding diaryl/α,β-unsaturated/α-hetero) is 1. The maximum Gasteiger partial charge on any atom is 0.254 e. The maximum absolute atomic E-state index is 15.0. The Morgan fingerprint density at radius 2 is 1.95 bits per heavy atom. The Hall–Kier alpha value is -3.10. The molecule has 0 fully saturated rings. The van der Waals surface area contributed by atoms with Crippen molar-refractivity contribution in [2.24, 2.45) is 11.3 Å². The van der Waals surface area contributed by atoms with Crippen molar-refractivity contribution in [2.75, 3.05) is 0 Å². The monoisotopic (exact) mass is 579 g/mol. The van der Waals surface area contributed by atoms with Crippen LogP contribution in [0.15, 0.2) is 16.9 Å². The zero-order valence-corrected chi connectivity index (χ0v) is 24.8. The van der Waals surface area contributed by atoms with Gasteiger partial charge in [0.2, 0.25) is 5.91 Å². The molecule has 0 radical (unpaired) electrons. The Morgan fingerprint density at radius 1 is 1.22 bits per heavy atom. The fourth-order valence-electron chi connectivity index (χ4n) is 6.72. The molecule has 2 aromatic heterocycles. The van der Waals surface area contributed by atoms with E-state index in [1.54, 1.807) is 17.6 Å². The molecule has 6 rings (SSSR count). The predicted octanol–water partition coefficient (Wildman–Crippen LogP) is 5.51. The van der Waals surface area contributed by atoms with Gasteiger partial charge < -0.3 is 15.0 Å². The van der Waals surface area contributed by atoms with E-state index in [0.717, 1.165) is 16.5 Å². The highest BCUT2D eigenvalue weighted by atomic mass is 35.5. The van der Waals surface area contributed by atoms with Gasteiger partial charge in [-0.05, 0) is 54.2 Å². The average molecular weight is 580 g/mol. The van der Waals surface area contributed by atoms with Gasteiger partial charge in [-0.25, -0.2) is 9.37 Å². The number of carbonyl (C=O) groups is 2. The van der Waals surface area contributed by atoms with Crippen molar-refractivity contribution in [3.05, 3.63) is 61.1 Å². The number of aliphatic hydroxyl groups is 1. The molecule has 0 saturated carbocycles. The molecule has 2 aliphatic carbocycles. The van der Waals surface area contributed by atoms with Gasteiger partial charge in [0.05, 0.1) is 34.5 Å². The lowest BCUT2D eigenvalue weighted by Crippen LogP contribution is -2.43. The minimum absolute atomic E-state index is 0.0313. The second-order valence-electron chi connectivity index (χ2n) is 13.0. The van der Waals surface area contributed by atoms with Gasteiger partial charge in [0, 0.05) is 41.0 Å². The van der Waals surface area contributed by atoms with Crippen molar-refractivity contribution in [3.63, 3.8) is 0 Å². The summed E-state index contributed by atoms with van der Waals surface area (Å²) in [7, 11) is 0. The standard InChI is InChI=1S/C32H35ClFN3O4/c1-6-32(41)19-12-23-29-18(14-37(23)30(40)16(19)8-10-24(32)38)27-21(35-25(39)11-15(2)31(3,4)5)9-7-17-26(27)22(36-29)13-20(34)28(17)33/h12-13,15,21,41H,6-11,14H2,1-5H3,(H,35,39)/t15-,21?,32-/m0/s1. The molecule has 3 aliphatic rings. The summed E-state index contributed by atoms with van der Waals surface area (Å²) in [5, 5.41) is 15.3. The van der Waals surface area contributed by atoms with Gasteiger partial charge >= 0.3 is 0 Å². The van der Waals surface area contributed by atoms with Crippen molar-refractivity contribution in [1.82, 2.24) is 14.9 Å². The zero-order chi connectivity index (χ0) is 29.6. The number of ketones is 1. The first kappa shape index (κ1) is 28.0. The van der Waals surface area contributed by atoms with E-state index in [1.807, 2.05) is 0 Å². The fraction of sp³-hybridized carbons (Fsp3) is 0.500. The van der Waals surface area contributed by atoms with Gasteiger partial charge in [0.15, 0.2) is 5.78 Å². The van der Waals surface area contributed by atoms with E-state index < -0.39 is 11.4 Å². The van der Waals surface area contributed by atoms with Crippen LogP contribution >= 0.6 is 11.6 Å². The van der Waals surface area contributed by atoms with Crippen molar-refractivity contribution in [2.45, 2.75) is 91.3 Å². The predicted molar refractivity (Wildman–Crippen MR) is 155 cm³/mol. The molecule has 0 spiro atoms. The summed E-state index contributed by atoms with van der Waals surface area (Å²) >= 11 is 6.46. The normalized spacial score (nSPS) is 21.9. The molecule has 1 unspecified atom stereocenters. The highest BCUT2D eigenvalue weighted by Gasteiger charge is 2.44. The summed E-state index contributed by atoms with van der Waals surface area (Å²) in [6.07, 6.45) is 1.90. The van der Waals surface area contributed by atoms with Crippen LogP contribution in [0, 0.1) is 17.2 Å². The number of halogens is 2. The number of carbonyl (C=O) groups excluding carboxylic acids is 2. The first-order valence-corrected chi connectivity index (χ1v) is 14.8. The zero-order valence-electron chi connectivity index (χ0n) is 24.1. The van der Waals surface area contributed by atoms with Crippen molar-refractivity contribution in [1.29, 1.82) is 0 Å². The smallest absolute Gasteiger partial charge is 0.254 e. The number of amides is 1. The lowest BCUT2D eigenvalue weighted by Gasteiger charge is -2.32. The molecule has 2 N–H and O–H groups in total. The number of benzene rings is 1. The second kappa shape index (κ2) is 9.46. The SMILES string of the molecule is CC[C@@]1(O)C(=O)CCc2c1cc1n(c2=O)Cc2c-1nc1cc(F)c(Cl)c3c1c2C(NC(=O)C[C@H](C)C(C)(C)C)CC3. The van der Waals surface area contributed by atoms with Crippen LogP contribution in [0.3, 0.4) is 0 Å². The first-order chi connectivity index (χ1) is 19.3. The molecule has 7 nitrogen and oxygen atoms in total.